The Morgan fingerprint density at radius 1 is 1.29 bits per heavy atom. The molecule has 1 aromatic carbocycles. The van der Waals surface area contributed by atoms with Gasteiger partial charge in [0.05, 0.1) is 5.69 Å². The largest absolute Gasteiger partial charge is 0.342 e. The summed E-state index contributed by atoms with van der Waals surface area (Å²) in [5.74, 6) is -0.118. The van der Waals surface area contributed by atoms with Gasteiger partial charge in [0.25, 0.3) is 0 Å². The van der Waals surface area contributed by atoms with Gasteiger partial charge in [0, 0.05) is 8.95 Å². The molecule has 1 aliphatic heterocycles. The Morgan fingerprint density at radius 3 is 2.48 bits per heavy atom. The van der Waals surface area contributed by atoms with E-state index in [-0.39, 0.29) is 17.7 Å². The Morgan fingerprint density at radius 2 is 1.95 bits per heavy atom. The van der Waals surface area contributed by atoms with Crippen LogP contribution in [0.4, 0.5) is 5.69 Å². The lowest BCUT2D eigenvalue weighted by Crippen LogP contribution is -2.65. The summed E-state index contributed by atoms with van der Waals surface area (Å²) in [6.07, 6.45) is 0.583. The molecule has 6 heteroatoms. The van der Waals surface area contributed by atoms with Crippen LogP contribution in [0.2, 0.25) is 0 Å². The maximum absolute atomic E-state index is 12.7. The van der Waals surface area contributed by atoms with Crippen LogP contribution >= 0.6 is 31.9 Å². The predicted molar refractivity (Wildman–Crippen MR) is 90.2 cm³/mol. The molecule has 0 spiro atoms. The third kappa shape index (κ3) is 3.16. The number of amides is 2. The second-order valence-electron chi connectivity index (χ2n) is 5.46. The zero-order valence-electron chi connectivity index (χ0n) is 12.2. The summed E-state index contributed by atoms with van der Waals surface area (Å²) < 4.78 is 1.71. The monoisotopic (exact) mass is 416 g/mol. The SMILES string of the molecule is CCC1NC(=O)C(C(C)C)N(c2ccc(Br)cc2Br)C1=O. The van der Waals surface area contributed by atoms with Gasteiger partial charge < -0.3 is 5.32 Å². The second-order valence-corrected chi connectivity index (χ2v) is 7.23. The van der Waals surface area contributed by atoms with Crippen molar-refractivity contribution in [3.63, 3.8) is 0 Å². The van der Waals surface area contributed by atoms with Crippen molar-refractivity contribution in [3.05, 3.63) is 27.1 Å². The molecule has 1 aliphatic rings. The summed E-state index contributed by atoms with van der Waals surface area (Å²) in [6, 6.07) is 4.67. The lowest BCUT2D eigenvalue weighted by atomic mass is 9.95. The van der Waals surface area contributed by atoms with Gasteiger partial charge in [-0.1, -0.05) is 36.7 Å². The van der Waals surface area contributed by atoms with Gasteiger partial charge in [0.2, 0.25) is 11.8 Å². The smallest absolute Gasteiger partial charge is 0.250 e. The highest BCUT2D eigenvalue weighted by Gasteiger charge is 2.42. The minimum absolute atomic E-state index is 0.0299. The fourth-order valence-corrected chi connectivity index (χ4v) is 3.80. The van der Waals surface area contributed by atoms with E-state index in [1.54, 1.807) is 4.90 Å². The van der Waals surface area contributed by atoms with Gasteiger partial charge in [-0.05, 0) is 46.5 Å². The van der Waals surface area contributed by atoms with Gasteiger partial charge >= 0.3 is 0 Å². The molecule has 2 atom stereocenters. The topological polar surface area (TPSA) is 49.4 Å². The minimum atomic E-state index is -0.488. The fourth-order valence-electron chi connectivity index (χ4n) is 2.56. The van der Waals surface area contributed by atoms with Gasteiger partial charge in [-0.2, -0.15) is 0 Å². The quantitative estimate of drug-likeness (QED) is 0.818. The summed E-state index contributed by atoms with van der Waals surface area (Å²) in [5, 5.41) is 2.82. The van der Waals surface area contributed by atoms with E-state index in [1.165, 1.54) is 0 Å². The summed E-state index contributed by atoms with van der Waals surface area (Å²) in [7, 11) is 0. The number of benzene rings is 1. The van der Waals surface area contributed by atoms with Crippen molar-refractivity contribution in [1.29, 1.82) is 0 Å². The maximum atomic E-state index is 12.7. The standard InChI is InChI=1S/C15H18Br2N2O2/c1-4-11-15(21)19(13(8(2)3)14(20)18-11)12-6-5-9(16)7-10(12)17/h5-8,11,13H,4H2,1-3H3,(H,18,20). The molecule has 0 aromatic heterocycles. The molecule has 4 nitrogen and oxygen atoms in total. The van der Waals surface area contributed by atoms with Crippen molar-refractivity contribution in [2.75, 3.05) is 4.90 Å². The van der Waals surface area contributed by atoms with Crippen LogP contribution in [-0.4, -0.2) is 23.9 Å². The first-order chi connectivity index (χ1) is 9.86. The van der Waals surface area contributed by atoms with Crippen LogP contribution in [0.1, 0.15) is 27.2 Å². The van der Waals surface area contributed by atoms with Crippen molar-refractivity contribution in [2.24, 2.45) is 5.92 Å². The molecule has 21 heavy (non-hydrogen) atoms. The first-order valence-electron chi connectivity index (χ1n) is 6.95. The van der Waals surface area contributed by atoms with E-state index in [2.05, 4.69) is 37.2 Å². The molecule has 1 saturated heterocycles. The molecule has 0 bridgehead atoms. The molecule has 0 aliphatic carbocycles. The number of nitrogens with zero attached hydrogens (tertiary/aromatic N) is 1. The van der Waals surface area contributed by atoms with E-state index in [9.17, 15) is 9.59 Å². The lowest BCUT2D eigenvalue weighted by molar-refractivity contribution is -0.134. The molecule has 2 amide bonds. The Kier molecular flexibility index (Phi) is 5.09. The molecule has 1 heterocycles. The zero-order chi connectivity index (χ0) is 15.7. The number of rotatable bonds is 3. The Bertz CT molecular complexity index is 575. The van der Waals surface area contributed by atoms with E-state index in [0.29, 0.717) is 6.42 Å². The number of carbonyl (C=O) groups is 2. The molecule has 114 valence electrons. The number of hydrogen-bond donors (Lipinski definition) is 1. The van der Waals surface area contributed by atoms with Crippen LogP contribution < -0.4 is 10.2 Å². The molecule has 0 saturated carbocycles. The van der Waals surface area contributed by atoms with Crippen LogP contribution in [-0.2, 0) is 9.59 Å². The number of carbonyl (C=O) groups excluding carboxylic acids is 2. The third-order valence-corrected chi connectivity index (χ3v) is 4.74. The van der Waals surface area contributed by atoms with Crippen molar-refractivity contribution in [2.45, 2.75) is 39.3 Å². The number of piperazine rings is 1. The predicted octanol–water partition coefficient (Wildman–Crippen LogP) is 3.48. The van der Waals surface area contributed by atoms with Gasteiger partial charge in [0.1, 0.15) is 12.1 Å². The third-order valence-electron chi connectivity index (χ3n) is 3.61. The zero-order valence-corrected chi connectivity index (χ0v) is 15.4. The fraction of sp³-hybridized carbons (Fsp3) is 0.467. The Balaban J connectivity index is 2.52. The van der Waals surface area contributed by atoms with Gasteiger partial charge in [-0.3, -0.25) is 14.5 Å². The van der Waals surface area contributed by atoms with Crippen LogP contribution in [0.3, 0.4) is 0 Å². The maximum Gasteiger partial charge on any atom is 0.250 e. The molecule has 2 rings (SSSR count). The van der Waals surface area contributed by atoms with E-state index in [1.807, 2.05) is 39.0 Å². The molecule has 1 aromatic rings. The number of nitrogens with one attached hydrogen (secondary N) is 1. The van der Waals surface area contributed by atoms with E-state index >= 15 is 0 Å². The highest BCUT2D eigenvalue weighted by atomic mass is 79.9. The van der Waals surface area contributed by atoms with E-state index in [4.69, 9.17) is 0 Å². The lowest BCUT2D eigenvalue weighted by Gasteiger charge is -2.41. The highest BCUT2D eigenvalue weighted by Crippen LogP contribution is 2.34. The summed E-state index contributed by atoms with van der Waals surface area (Å²) in [6.45, 7) is 5.79. The van der Waals surface area contributed by atoms with E-state index < -0.39 is 12.1 Å². The average molecular weight is 418 g/mol. The van der Waals surface area contributed by atoms with Crippen LogP contribution in [0.15, 0.2) is 27.1 Å². The van der Waals surface area contributed by atoms with Gasteiger partial charge in [-0.25, -0.2) is 0 Å². The number of halogens is 2. The normalized spacial score (nSPS) is 22.7. The van der Waals surface area contributed by atoms with Gasteiger partial charge in [0.15, 0.2) is 0 Å². The van der Waals surface area contributed by atoms with Crippen molar-refractivity contribution >= 4 is 49.4 Å². The van der Waals surface area contributed by atoms with Crippen LogP contribution in [0.5, 0.6) is 0 Å². The molecule has 1 fully saturated rings. The van der Waals surface area contributed by atoms with Gasteiger partial charge in [-0.15, -0.1) is 0 Å². The van der Waals surface area contributed by atoms with Crippen molar-refractivity contribution in [1.82, 2.24) is 5.32 Å². The number of hydrogen-bond acceptors (Lipinski definition) is 2. The van der Waals surface area contributed by atoms with Crippen LogP contribution in [0.25, 0.3) is 0 Å². The Hall–Kier alpha value is -0.880. The first-order valence-corrected chi connectivity index (χ1v) is 8.54. The average Bonchev–Trinajstić information content (AvgIpc) is 2.40. The molecule has 1 N–H and O–H groups in total. The Labute approximate surface area is 141 Å². The first kappa shape index (κ1) is 16.5. The molecule has 2 unspecified atom stereocenters. The van der Waals surface area contributed by atoms with E-state index in [0.717, 1.165) is 14.6 Å². The highest BCUT2D eigenvalue weighted by molar-refractivity contribution is 9.11. The molecule has 0 radical (unpaired) electrons. The molecular weight excluding hydrogens is 400 g/mol. The second kappa shape index (κ2) is 6.48. The van der Waals surface area contributed by atoms with Crippen molar-refractivity contribution < 1.29 is 9.59 Å². The molecular formula is C15H18Br2N2O2. The van der Waals surface area contributed by atoms with Crippen LogP contribution in [0, 0.1) is 5.92 Å². The summed E-state index contributed by atoms with van der Waals surface area (Å²) >= 11 is 6.90. The minimum Gasteiger partial charge on any atom is -0.342 e. The van der Waals surface area contributed by atoms with Crippen molar-refractivity contribution in [3.8, 4) is 0 Å². The number of anilines is 1. The summed E-state index contributed by atoms with van der Waals surface area (Å²) in [4.78, 5) is 26.7. The summed E-state index contributed by atoms with van der Waals surface area (Å²) in [5.41, 5.74) is 0.732.